The summed E-state index contributed by atoms with van der Waals surface area (Å²) in [6.07, 6.45) is 3.13. The predicted octanol–water partition coefficient (Wildman–Crippen LogP) is 1.18. The van der Waals surface area contributed by atoms with E-state index in [1.165, 1.54) is 7.11 Å². The molecule has 0 aliphatic carbocycles. The highest BCUT2D eigenvalue weighted by Gasteiger charge is 2.28. The van der Waals surface area contributed by atoms with Crippen LogP contribution >= 0.6 is 0 Å². The highest BCUT2D eigenvalue weighted by Crippen LogP contribution is 2.25. The standard InChI is InChI=1S/C9H13FN2O/c1-13-11-9(10)8-4-7-2-3-12(5-7)6-8/h4,7H,2-3,5-6H2,1H3/b11-9+. The molecule has 0 amide bonds. The molecular formula is C9H13FN2O. The average Bonchev–Trinajstić information content (AvgIpc) is 2.46. The van der Waals surface area contributed by atoms with Crippen LogP contribution in [0.1, 0.15) is 6.42 Å². The number of nitrogens with zero attached hydrogens (tertiary/aromatic N) is 2. The number of hydrogen-bond donors (Lipinski definition) is 0. The van der Waals surface area contributed by atoms with Gasteiger partial charge in [0, 0.05) is 18.7 Å². The van der Waals surface area contributed by atoms with Gasteiger partial charge >= 0.3 is 0 Å². The van der Waals surface area contributed by atoms with Crippen LogP contribution in [0.5, 0.6) is 0 Å². The lowest BCUT2D eigenvalue weighted by molar-refractivity contribution is 0.208. The molecule has 3 nitrogen and oxygen atoms in total. The van der Waals surface area contributed by atoms with Gasteiger partial charge in [-0.25, -0.2) is 0 Å². The van der Waals surface area contributed by atoms with E-state index in [-0.39, 0.29) is 0 Å². The van der Waals surface area contributed by atoms with Crippen molar-refractivity contribution >= 4 is 5.97 Å². The van der Waals surface area contributed by atoms with Crippen LogP contribution in [-0.4, -0.2) is 37.6 Å². The molecule has 0 spiro atoms. The van der Waals surface area contributed by atoms with Crippen LogP contribution in [0.4, 0.5) is 4.39 Å². The zero-order valence-corrected chi connectivity index (χ0v) is 7.66. The van der Waals surface area contributed by atoms with E-state index >= 15 is 0 Å². The molecule has 2 unspecified atom stereocenters. The Hall–Kier alpha value is -0.900. The Morgan fingerprint density at radius 2 is 2.62 bits per heavy atom. The normalized spacial score (nSPS) is 33.1. The van der Waals surface area contributed by atoms with Crippen molar-refractivity contribution in [3.8, 4) is 0 Å². The molecule has 13 heavy (non-hydrogen) atoms. The fourth-order valence-corrected chi connectivity index (χ4v) is 1.99. The fourth-order valence-electron chi connectivity index (χ4n) is 1.99. The predicted molar refractivity (Wildman–Crippen MR) is 48.2 cm³/mol. The van der Waals surface area contributed by atoms with Crippen LogP contribution in [-0.2, 0) is 4.84 Å². The third-order valence-electron chi connectivity index (χ3n) is 2.58. The minimum Gasteiger partial charge on any atom is -0.397 e. The minimum absolute atomic E-state index is 0.473. The third-order valence-corrected chi connectivity index (χ3v) is 2.58. The Bertz CT molecular complexity index is 262. The van der Waals surface area contributed by atoms with E-state index in [0.717, 1.165) is 19.5 Å². The van der Waals surface area contributed by atoms with E-state index < -0.39 is 5.97 Å². The Labute approximate surface area is 76.8 Å². The molecule has 2 aliphatic rings. The number of halogens is 1. The zero-order chi connectivity index (χ0) is 9.26. The highest BCUT2D eigenvalue weighted by molar-refractivity contribution is 5.92. The van der Waals surface area contributed by atoms with Gasteiger partial charge in [0.15, 0.2) is 0 Å². The van der Waals surface area contributed by atoms with E-state index in [2.05, 4.69) is 14.9 Å². The topological polar surface area (TPSA) is 24.8 Å². The van der Waals surface area contributed by atoms with Crippen molar-refractivity contribution in [2.45, 2.75) is 6.42 Å². The van der Waals surface area contributed by atoms with E-state index in [1.54, 1.807) is 0 Å². The summed E-state index contributed by atoms with van der Waals surface area (Å²) in [5.41, 5.74) is 0.676. The van der Waals surface area contributed by atoms with Crippen molar-refractivity contribution in [2.24, 2.45) is 11.1 Å². The van der Waals surface area contributed by atoms with Crippen LogP contribution in [0, 0.1) is 5.92 Å². The number of fused-ring (bicyclic) bond motifs is 2. The van der Waals surface area contributed by atoms with Gasteiger partial charge in [0.25, 0.3) is 5.97 Å². The fraction of sp³-hybridized carbons (Fsp3) is 0.667. The van der Waals surface area contributed by atoms with Crippen molar-refractivity contribution in [3.05, 3.63) is 11.6 Å². The van der Waals surface area contributed by atoms with Crippen molar-refractivity contribution in [1.29, 1.82) is 0 Å². The van der Waals surface area contributed by atoms with Gasteiger partial charge in [-0.3, -0.25) is 4.90 Å². The van der Waals surface area contributed by atoms with Crippen molar-refractivity contribution < 1.29 is 9.23 Å². The summed E-state index contributed by atoms with van der Waals surface area (Å²) in [7, 11) is 1.36. The van der Waals surface area contributed by atoms with Gasteiger partial charge in [-0.05, 0) is 18.9 Å². The summed E-state index contributed by atoms with van der Waals surface area (Å²) in [5.74, 6) is 0.0423. The molecule has 72 valence electrons. The molecule has 1 saturated heterocycles. The highest BCUT2D eigenvalue weighted by atomic mass is 19.1. The maximum Gasteiger partial charge on any atom is 0.253 e. The van der Waals surface area contributed by atoms with Crippen LogP contribution < -0.4 is 0 Å². The van der Waals surface area contributed by atoms with Crippen molar-refractivity contribution in [1.82, 2.24) is 4.90 Å². The summed E-state index contributed by atoms with van der Waals surface area (Å²) >= 11 is 0. The largest absolute Gasteiger partial charge is 0.397 e. The second-order valence-corrected chi connectivity index (χ2v) is 3.54. The molecule has 0 saturated carbocycles. The second-order valence-electron chi connectivity index (χ2n) is 3.54. The van der Waals surface area contributed by atoms with Gasteiger partial charge in [-0.2, -0.15) is 4.39 Å². The van der Waals surface area contributed by atoms with Gasteiger partial charge in [-0.15, -0.1) is 0 Å². The lowest BCUT2D eigenvalue weighted by Gasteiger charge is -2.20. The first-order valence-electron chi connectivity index (χ1n) is 4.49. The molecule has 2 aliphatic heterocycles. The lowest BCUT2D eigenvalue weighted by Crippen LogP contribution is -2.28. The summed E-state index contributed by atoms with van der Waals surface area (Å²) in [5, 5.41) is 3.30. The van der Waals surface area contributed by atoms with Crippen LogP contribution in [0.3, 0.4) is 0 Å². The summed E-state index contributed by atoms with van der Waals surface area (Å²) in [6, 6.07) is 0. The number of rotatable bonds is 2. The molecule has 2 rings (SSSR count). The van der Waals surface area contributed by atoms with E-state index in [4.69, 9.17) is 0 Å². The molecule has 0 aromatic rings. The number of hydrogen-bond acceptors (Lipinski definition) is 3. The molecule has 1 fully saturated rings. The first-order valence-corrected chi connectivity index (χ1v) is 4.49. The molecular weight excluding hydrogens is 171 g/mol. The quantitative estimate of drug-likeness (QED) is 0.475. The molecule has 0 radical (unpaired) electrons. The molecule has 2 heterocycles. The SMILES string of the molecule is CO/N=C(/F)C1=CC2CCN(C1)C2. The van der Waals surface area contributed by atoms with Gasteiger partial charge in [0.1, 0.15) is 7.11 Å². The van der Waals surface area contributed by atoms with Crippen molar-refractivity contribution in [3.63, 3.8) is 0 Å². The third kappa shape index (κ3) is 1.72. The Balaban J connectivity index is 2.12. The summed E-state index contributed by atoms with van der Waals surface area (Å²) in [6.45, 7) is 2.82. The Morgan fingerprint density at radius 1 is 1.77 bits per heavy atom. The molecule has 0 aromatic heterocycles. The average molecular weight is 184 g/mol. The van der Waals surface area contributed by atoms with Gasteiger partial charge < -0.3 is 4.84 Å². The maximum atomic E-state index is 13.2. The number of oxime groups is 1. The Kier molecular flexibility index (Phi) is 2.31. The molecule has 0 aromatic carbocycles. The first kappa shape index (κ1) is 8.69. The van der Waals surface area contributed by atoms with Crippen LogP contribution in [0.25, 0.3) is 0 Å². The monoisotopic (exact) mass is 184 g/mol. The van der Waals surface area contributed by atoms with Gasteiger partial charge in [0.2, 0.25) is 0 Å². The molecule has 0 N–H and O–H groups in total. The van der Waals surface area contributed by atoms with Crippen molar-refractivity contribution in [2.75, 3.05) is 26.7 Å². The lowest BCUT2D eigenvalue weighted by atomic mass is 10.0. The Morgan fingerprint density at radius 3 is 3.31 bits per heavy atom. The molecule has 2 bridgehead atoms. The van der Waals surface area contributed by atoms with E-state index in [1.807, 2.05) is 6.08 Å². The smallest absolute Gasteiger partial charge is 0.253 e. The van der Waals surface area contributed by atoms with Crippen LogP contribution in [0.2, 0.25) is 0 Å². The maximum absolute atomic E-state index is 13.2. The second kappa shape index (κ2) is 3.46. The molecule has 4 heteroatoms. The first-order chi connectivity index (χ1) is 6.29. The summed E-state index contributed by atoms with van der Waals surface area (Å²) < 4.78 is 13.2. The van der Waals surface area contributed by atoms with Gasteiger partial charge in [0.05, 0.1) is 0 Å². The van der Waals surface area contributed by atoms with E-state index in [9.17, 15) is 4.39 Å². The molecule has 2 atom stereocenters. The van der Waals surface area contributed by atoms with Gasteiger partial charge in [-0.1, -0.05) is 11.2 Å². The summed E-state index contributed by atoms with van der Waals surface area (Å²) in [4.78, 5) is 6.64. The zero-order valence-electron chi connectivity index (χ0n) is 7.66. The van der Waals surface area contributed by atoms with Crippen LogP contribution in [0.15, 0.2) is 16.8 Å². The van der Waals surface area contributed by atoms with E-state index in [0.29, 0.717) is 18.0 Å². The minimum atomic E-state index is -0.473.